The molecular weight excluding hydrogens is 380 g/mol. The quantitative estimate of drug-likeness (QED) is 0.718. The fraction of sp³-hybridized carbons (Fsp3) is 0.536. The van der Waals surface area contributed by atoms with Gasteiger partial charge in [-0.25, -0.2) is 0 Å². The number of hydrogen-bond donors (Lipinski definition) is 0. The molecule has 1 heterocycles. The summed E-state index contributed by atoms with van der Waals surface area (Å²) >= 11 is 0. The predicted molar refractivity (Wildman–Crippen MR) is 124 cm³/mol. The van der Waals surface area contributed by atoms with Gasteiger partial charge in [-0.2, -0.15) is 0 Å². The van der Waals surface area contributed by atoms with Crippen LogP contribution >= 0.6 is 0 Å². The van der Waals surface area contributed by atoms with Gasteiger partial charge in [-0.15, -0.1) is 0 Å². The van der Waals surface area contributed by atoms with E-state index in [9.17, 15) is 4.79 Å². The molecule has 3 heteroatoms. The predicted octanol–water partition coefficient (Wildman–Crippen LogP) is 4.79. The third kappa shape index (κ3) is 3.61. The van der Waals surface area contributed by atoms with Crippen LogP contribution in [-0.4, -0.2) is 47.9 Å². The van der Waals surface area contributed by atoms with Crippen LogP contribution < -0.4 is 0 Å². The van der Waals surface area contributed by atoms with Crippen molar-refractivity contribution in [2.45, 2.75) is 44.1 Å². The average molecular weight is 415 g/mol. The molecule has 1 aliphatic heterocycles. The molecule has 3 nitrogen and oxygen atoms in total. The smallest absolute Gasteiger partial charge is 0.234 e. The van der Waals surface area contributed by atoms with Crippen molar-refractivity contribution in [3.8, 4) is 0 Å². The molecule has 4 aliphatic carbocycles. The maximum absolute atomic E-state index is 13.7. The van der Waals surface area contributed by atoms with E-state index in [4.69, 9.17) is 0 Å². The molecule has 5 fully saturated rings. The molecule has 1 saturated heterocycles. The van der Waals surface area contributed by atoms with E-state index in [0.29, 0.717) is 0 Å². The van der Waals surface area contributed by atoms with Crippen LogP contribution in [-0.2, 0) is 4.79 Å². The summed E-state index contributed by atoms with van der Waals surface area (Å²) in [5.41, 5.74) is 2.20. The van der Waals surface area contributed by atoms with Gasteiger partial charge in [0.2, 0.25) is 5.91 Å². The Morgan fingerprint density at radius 1 is 0.677 bits per heavy atom. The lowest BCUT2D eigenvalue weighted by Crippen LogP contribution is -2.60. The first kappa shape index (κ1) is 19.5. The molecule has 4 bridgehead atoms. The van der Waals surface area contributed by atoms with Gasteiger partial charge in [0.1, 0.15) is 0 Å². The van der Waals surface area contributed by atoms with E-state index < -0.39 is 0 Å². The Kier molecular flexibility index (Phi) is 5.10. The van der Waals surface area contributed by atoms with E-state index in [1.54, 1.807) is 0 Å². The molecule has 0 radical (unpaired) electrons. The van der Waals surface area contributed by atoms with Crippen molar-refractivity contribution in [3.05, 3.63) is 71.8 Å². The minimum atomic E-state index is -0.199. The van der Waals surface area contributed by atoms with Crippen molar-refractivity contribution in [1.82, 2.24) is 9.80 Å². The summed E-state index contributed by atoms with van der Waals surface area (Å²) in [7, 11) is 0. The number of carbonyl (C=O) groups is 1. The van der Waals surface area contributed by atoms with Gasteiger partial charge in [-0.3, -0.25) is 9.69 Å². The molecule has 0 spiro atoms. The highest BCUT2D eigenvalue weighted by Crippen LogP contribution is 2.55. The molecule has 2 aromatic carbocycles. The topological polar surface area (TPSA) is 23.6 Å². The Bertz CT molecular complexity index is 836. The monoisotopic (exact) mass is 414 g/mol. The largest absolute Gasteiger partial charge is 0.339 e. The summed E-state index contributed by atoms with van der Waals surface area (Å²) in [4.78, 5) is 18.6. The fourth-order valence-electron chi connectivity index (χ4n) is 7.68. The highest BCUT2D eigenvalue weighted by Gasteiger charge is 2.50. The van der Waals surface area contributed by atoms with Gasteiger partial charge in [0, 0.05) is 32.2 Å². The second-order valence-corrected chi connectivity index (χ2v) is 10.5. The highest BCUT2D eigenvalue weighted by molar-refractivity contribution is 5.87. The zero-order chi connectivity index (χ0) is 20.8. The number of rotatable bonds is 4. The molecule has 2 aromatic rings. The van der Waals surface area contributed by atoms with Crippen molar-refractivity contribution in [2.75, 3.05) is 26.2 Å². The first-order chi connectivity index (χ1) is 15.3. The second-order valence-electron chi connectivity index (χ2n) is 10.5. The van der Waals surface area contributed by atoms with Crippen LogP contribution in [0.15, 0.2) is 60.7 Å². The lowest BCUT2D eigenvalue weighted by molar-refractivity contribution is -0.136. The van der Waals surface area contributed by atoms with Gasteiger partial charge in [-0.1, -0.05) is 60.7 Å². The van der Waals surface area contributed by atoms with Gasteiger partial charge >= 0.3 is 0 Å². The number of nitrogens with zero attached hydrogens (tertiary/aromatic N) is 2. The second kappa shape index (κ2) is 8.09. The van der Waals surface area contributed by atoms with E-state index in [0.717, 1.165) is 67.0 Å². The molecule has 162 valence electrons. The number of piperazine rings is 1. The minimum Gasteiger partial charge on any atom is -0.339 e. The molecular formula is C28H34N2O. The van der Waals surface area contributed by atoms with E-state index >= 15 is 0 Å². The number of hydrogen-bond acceptors (Lipinski definition) is 2. The maximum atomic E-state index is 13.7. The number of benzene rings is 2. The Balaban J connectivity index is 1.17. The summed E-state index contributed by atoms with van der Waals surface area (Å²) in [6.45, 7) is 3.85. The zero-order valence-electron chi connectivity index (χ0n) is 18.4. The van der Waals surface area contributed by atoms with Crippen molar-refractivity contribution in [3.63, 3.8) is 0 Å². The lowest BCUT2D eigenvalue weighted by Gasteiger charge is -2.58. The number of carbonyl (C=O) groups excluding carboxylic acids is 1. The van der Waals surface area contributed by atoms with Gasteiger partial charge < -0.3 is 4.90 Å². The number of amides is 1. The van der Waals surface area contributed by atoms with Crippen molar-refractivity contribution >= 4 is 5.91 Å². The van der Waals surface area contributed by atoms with Crippen LogP contribution in [0.4, 0.5) is 0 Å². The van der Waals surface area contributed by atoms with Crippen LogP contribution in [0, 0.1) is 23.7 Å². The zero-order valence-corrected chi connectivity index (χ0v) is 18.4. The third-order valence-corrected chi connectivity index (χ3v) is 8.74. The minimum absolute atomic E-state index is 0.199. The normalized spacial score (nSPS) is 32.5. The summed E-state index contributed by atoms with van der Waals surface area (Å²) in [6.07, 6.45) is 7.41. The van der Waals surface area contributed by atoms with Gasteiger partial charge in [0.05, 0.1) is 5.92 Å². The van der Waals surface area contributed by atoms with Crippen LogP contribution in [0.2, 0.25) is 0 Å². The van der Waals surface area contributed by atoms with E-state index in [2.05, 4.69) is 34.1 Å². The van der Waals surface area contributed by atoms with Crippen LogP contribution in [0.3, 0.4) is 0 Å². The van der Waals surface area contributed by atoms with E-state index in [1.165, 1.54) is 32.1 Å². The van der Waals surface area contributed by atoms with Crippen LogP contribution in [0.5, 0.6) is 0 Å². The average Bonchev–Trinajstić information content (AvgIpc) is 2.80. The fourth-order valence-corrected chi connectivity index (χ4v) is 7.68. The maximum Gasteiger partial charge on any atom is 0.234 e. The van der Waals surface area contributed by atoms with E-state index in [-0.39, 0.29) is 11.8 Å². The molecule has 0 atom stereocenters. The molecule has 0 aromatic heterocycles. The van der Waals surface area contributed by atoms with Gasteiger partial charge in [0.15, 0.2) is 0 Å². The molecule has 1 amide bonds. The van der Waals surface area contributed by atoms with Crippen molar-refractivity contribution in [1.29, 1.82) is 0 Å². The Labute approximate surface area is 186 Å². The standard InChI is InChI=1S/C28H34N2O/c31-28(26(22-7-3-1-4-8-22)23-9-5-2-6-10-23)30-13-11-29(12-14-30)27-24-16-20-15-21(18-24)19-25(27)17-20/h1-10,20-21,24-27H,11-19H2. The van der Waals surface area contributed by atoms with Crippen LogP contribution in [0.25, 0.3) is 0 Å². The summed E-state index contributed by atoms with van der Waals surface area (Å²) in [6, 6.07) is 21.4. The summed E-state index contributed by atoms with van der Waals surface area (Å²) in [5, 5.41) is 0. The molecule has 5 aliphatic rings. The molecule has 7 rings (SSSR count). The molecule has 0 unspecified atom stereocenters. The Morgan fingerprint density at radius 3 is 1.65 bits per heavy atom. The van der Waals surface area contributed by atoms with E-state index in [1.807, 2.05) is 36.4 Å². The lowest BCUT2D eigenvalue weighted by atomic mass is 9.54. The molecule has 4 saturated carbocycles. The Hall–Kier alpha value is -2.13. The first-order valence-electron chi connectivity index (χ1n) is 12.4. The SMILES string of the molecule is O=C(C(c1ccccc1)c1ccccc1)N1CCN(C2C3CC4CC(C3)CC2C4)CC1. The van der Waals surface area contributed by atoms with Gasteiger partial charge in [-0.05, 0) is 66.9 Å². The molecule has 31 heavy (non-hydrogen) atoms. The Morgan fingerprint density at radius 2 is 1.16 bits per heavy atom. The van der Waals surface area contributed by atoms with Crippen LogP contribution in [0.1, 0.15) is 49.1 Å². The summed E-state index contributed by atoms with van der Waals surface area (Å²) < 4.78 is 0. The third-order valence-electron chi connectivity index (χ3n) is 8.74. The van der Waals surface area contributed by atoms with Crippen molar-refractivity contribution < 1.29 is 4.79 Å². The first-order valence-corrected chi connectivity index (χ1v) is 12.4. The highest BCUT2D eigenvalue weighted by atomic mass is 16.2. The van der Waals surface area contributed by atoms with Gasteiger partial charge in [0.25, 0.3) is 0 Å². The molecule has 0 N–H and O–H groups in total. The van der Waals surface area contributed by atoms with Crippen molar-refractivity contribution in [2.24, 2.45) is 23.7 Å². The summed E-state index contributed by atoms with van der Waals surface area (Å²) in [5.74, 6) is 3.98.